The number of hydrogen-bond donors (Lipinski definition) is 1. The first-order chi connectivity index (χ1) is 12.5. The molecule has 1 N–H and O–H groups in total. The second kappa shape index (κ2) is 6.36. The first-order valence-electron chi connectivity index (χ1n) is 8.70. The van der Waals surface area contributed by atoms with Crippen LogP contribution >= 0.6 is 0 Å². The smallest absolute Gasteiger partial charge is 0.281 e. The summed E-state index contributed by atoms with van der Waals surface area (Å²) in [5, 5.41) is 8.11. The van der Waals surface area contributed by atoms with Gasteiger partial charge in [0.25, 0.3) is 11.5 Å². The maximum atomic E-state index is 12.6. The molecular formula is C18H20N6O2. The van der Waals surface area contributed by atoms with Crippen molar-refractivity contribution in [1.82, 2.24) is 29.9 Å². The molecule has 0 unspecified atom stereocenters. The minimum Gasteiger partial charge on any atom is -0.338 e. The number of likely N-dealkylation sites (tertiary alicyclic amines) is 1. The standard InChI is InChI=1S/C18H20N6O2/c1-11-3-5-13(6-4-11)18(26)23-9-7-14(8-10-23)24-16-15(21-22-24)17(25)20-12(2)19-16/h3-6,14H,7-10H2,1-2H3,(H,19,20,25). The molecule has 3 heterocycles. The molecule has 1 aromatic carbocycles. The second-order valence-corrected chi connectivity index (χ2v) is 6.75. The molecule has 0 bridgehead atoms. The lowest BCUT2D eigenvalue weighted by Gasteiger charge is -2.32. The Morgan fingerprint density at radius 3 is 2.54 bits per heavy atom. The lowest BCUT2D eigenvalue weighted by atomic mass is 10.0. The van der Waals surface area contributed by atoms with Crippen LogP contribution in [0.3, 0.4) is 0 Å². The highest BCUT2D eigenvalue weighted by molar-refractivity contribution is 5.94. The van der Waals surface area contributed by atoms with Crippen molar-refractivity contribution in [2.75, 3.05) is 13.1 Å². The van der Waals surface area contributed by atoms with Crippen molar-refractivity contribution in [3.05, 3.63) is 51.6 Å². The van der Waals surface area contributed by atoms with Crippen LogP contribution < -0.4 is 5.56 Å². The van der Waals surface area contributed by atoms with E-state index >= 15 is 0 Å². The van der Waals surface area contributed by atoms with Crippen molar-refractivity contribution in [2.45, 2.75) is 32.7 Å². The molecule has 26 heavy (non-hydrogen) atoms. The van der Waals surface area contributed by atoms with Crippen LogP contribution in [0.2, 0.25) is 0 Å². The van der Waals surface area contributed by atoms with Gasteiger partial charge in [-0.3, -0.25) is 9.59 Å². The van der Waals surface area contributed by atoms with Gasteiger partial charge in [0.1, 0.15) is 5.82 Å². The Labute approximate surface area is 149 Å². The minimum absolute atomic E-state index is 0.0531. The molecule has 0 saturated carbocycles. The van der Waals surface area contributed by atoms with Gasteiger partial charge in [-0.1, -0.05) is 22.9 Å². The number of nitrogens with one attached hydrogen (secondary N) is 1. The quantitative estimate of drug-likeness (QED) is 0.756. The summed E-state index contributed by atoms with van der Waals surface area (Å²) in [6, 6.07) is 7.72. The third-order valence-corrected chi connectivity index (χ3v) is 4.85. The van der Waals surface area contributed by atoms with Gasteiger partial charge in [0, 0.05) is 18.7 Å². The number of hydrogen-bond acceptors (Lipinski definition) is 5. The molecule has 0 spiro atoms. The van der Waals surface area contributed by atoms with Crippen LogP contribution in [-0.2, 0) is 0 Å². The van der Waals surface area contributed by atoms with Crippen LogP contribution in [0.15, 0.2) is 29.1 Å². The van der Waals surface area contributed by atoms with Crippen LogP contribution in [-0.4, -0.2) is 48.9 Å². The Morgan fingerprint density at radius 2 is 1.85 bits per heavy atom. The highest BCUT2D eigenvalue weighted by Gasteiger charge is 2.27. The number of amides is 1. The molecule has 1 aliphatic heterocycles. The molecule has 1 aliphatic rings. The van der Waals surface area contributed by atoms with E-state index in [1.54, 1.807) is 11.6 Å². The van der Waals surface area contributed by atoms with Gasteiger partial charge in [-0.25, -0.2) is 9.67 Å². The normalized spacial score (nSPS) is 15.5. The number of rotatable bonds is 2. The van der Waals surface area contributed by atoms with Gasteiger partial charge in [0.15, 0.2) is 11.2 Å². The van der Waals surface area contributed by atoms with Gasteiger partial charge in [0.2, 0.25) is 0 Å². The van der Waals surface area contributed by atoms with Gasteiger partial charge < -0.3 is 9.88 Å². The molecule has 3 aromatic rings. The molecule has 8 nitrogen and oxygen atoms in total. The molecule has 2 aromatic heterocycles. The van der Waals surface area contributed by atoms with Crippen LogP contribution in [0.4, 0.5) is 0 Å². The average Bonchev–Trinajstić information content (AvgIpc) is 3.06. The Hall–Kier alpha value is -3.03. The van der Waals surface area contributed by atoms with Crippen molar-refractivity contribution in [3.63, 3.8) is 0 Å². The molecule has 1 fully saturated rings. The largest absolute Gasteiger partial charge is 0.338 e. The van der Waals surface area contributed by atoms with E-state index in [-0.39, 0.29) is 23.0 Å². The molecule has 8 heteroatoms. The maximum absolute atomic E-state index is 12.6. The van der Waals surface area contributed by atoms with E-state index in [1.165, 1.54) is 0 Å². The summed E-state index contributed by atoms with van der Waals surface area (Å²) in [6.45, 7) is 5.02. The first-order valence-corrected chi connectivity index (χ1v) is 8.70. The zero-order valence-electron chi connectivity index (χ0n) is 14.8. The number of nitrogens with zero attached hydrogens (tertiary/aromatic N) is 5. The number of H-pyrrole nitrogens is 1. The maximum Gasteiger partial charge on any atom is 0.281 e. The monoisotopic (exact) mass is 352 g/mol. The number of aryl methyl sites for hydroxylation is 2. The number of aromatic amines is 1. The zero-order valence-corrected chi connectivity index (χ0v) is 14.8. The van der Waals surface area contributed by atoms with Gasteiger partial charge in [-0.05, 0) is 38.8 Å². The van der Waals surface area contributed by atoms with Gasteiger partial charge in [-0.2, -0.15) is 0 Å². The van der Waals surface area contributed by atoms with Crippen molar-refractivity contribution < 1.29 is 4.79 Å². The molecule has 134 valence electrons. The summed E-state index contributed by atoms with van der Waals surface area (Å²) < 4.78 is 1.73. The van der Waals surface area contributed by atoms with Crippen molar-refractivity contribution in [3.8, 4) is 0 Å². The summed E-state index contributed by atoms with van der Waals surface area (Å²) in [5.41, 5.74) is 2.34. The topological polar surface area (TPSA) is 96.8 Å². The Bertz CT molecular complexity index is 1010. The van der Waals surface area contributed by atoms with Gasteiger partial charge in [0.05, 0.1) is 6.04 Å². The van der Waals surface area contributed by atoms with E-state index in [0.29, 0.717) is 30.1 Å². The molecular weight excluding hydrogens is 332 g/mol. The van der Waals surface area contributed by atoms with Crippen molar-refractivity contribution in [1.29, 1.82) is 0 Å². The Kier molecular flexibility index (Phi) is 4.02. The van der Waals surface area contributed by atoms with E-state index in [0.717, 1.165) is 18.4 Å². The summed E-state index contributed by atoms with van der Waals surface area (Å²) in [7, 11) is 0. The predicted molar refractivity (Wildman–Crippen MR) is 96.0 cm³/mol. The lowest BCUT2D eigenvalue weighted by molar-refractivity contribution is 0.0691. The summed E-state index contributed by atoms with van der Waals surface area (Å²) >= 11 is 0. The molecule has 0 aliphatic carbocycles. The fourth-order valence-electron chi connectivity index (χ4n) is 3.39. The average molecular weight is 352 g/mol. The molecule has 0 atom stereocenters. The summed E-state index contributed by atoms with van der Waals surface area (Å²) in [5.74, 6) is 0.593. The Balaban J connectivity index is 1.51. The number of benzene rings is 1. The predicted octanol–water partition coefficient (Wildman–Crippen LogP) is 1.61. The van der Waals surface area contributed by atoms with Crippen LogP contribution in [0, 0.1) is 13.8 Å². The van der Waals surface area contributed by atoms with Crippen LogP contribution in [0.5, 0.6) is 0 Å². The van der Waals surface area contributed by atoms with Crippen LogP contribution in [0.1, 0.15) is 40.6 Å². The number of piperidine rings is 1. The van der Waals surface area contributed by atoms with Crippen LogP contribution in [0.25, 0.3) is 11.2 Å². The highest BCUT2D eigenvalue weighted by atomic mass is 16.2. The fourth-order valence-corrected chi connectivity index (χ4v) is 3.39. The van der Waals surface area contributed by atoms with E-state index < -0.39 is 0 Å². The third kappa shape index (κ3) is 2.87. The van der Waals surface area contributed by atoms with E-state index in [2.05, 4.69) is 20.3 Å². The fraction of sp³-hybridized carbons (Fsp3) is 0.389. The second-order valence-electron chi connectivity index (χ2n) is 6.75. The summed E-state index contributed by atoms with van der Waals surface area (Å²) in [4.78, 5) is 33.5. The van der Waals surface area contributed by atoms with E-state index in [9.17, 15) is 9.59 Å². The lowest BCUT2D eigenvalue weighted by Crippen LogP contribution is -2.39. The van der Waals surface area contributed by atoms with Crippen molar-refractivity contribution >= 4 is 17.1 Å². The van der Waals surface area contributed by atoms with E-state index in [1.807, 2.05) is 36.1 Å². The van der Waals surface area contributed by atoms with Crippen molar-refractivity contribution in [2.24, 2.45) is 0 Å². The molecule has 4 rings (SSSR count). The SMILES string of the molecule is Cc1ccc(C(=O)N2CCC(n3nnc4c(=O)[nH]c(C)nc43)CC2)cc1. The van der Waals surface area contributed by atoms with Gasteiger partial charge >= 0.3 is 0 Å². The third-order valence-electron chi connectivity index (χ3n) is 4.85. The first kappa shape index (κ1) is 16.4. The zero-order chi connectivity index (χ0) is 18.3. The molecule has 1 amide bonds. The molecule has 1 saturated heterocycles. The minimum atomic E-state index is -0.272. The van der Waals surface area contributed by atoms with Gasteiger partial charge in [-0.15, -0.1) is 5.10 Å². The Morgan fingerprint density at radius 1 is 1.15 bits per heavy atom. The highest BCUT2D eigenvalue weighted by Crippen LogP contribution is 2.25. The molecule has 0 radical (unpaired) electrons. The number of aromatic nitrogens is 5. The van der Waals surface area contributed by atoms with E-state index in [4.69, 9.17) is 0 Å². The number of carbonyl (C=O) groups excluding carboxylic acids is 1. The number of fused-ring (bicyclic) bond motifs is 1. The number of carbonyl (C=O) groups is 1. The summed E-state index contributed by atoms with van der Waals surface area (Å²) in [6.07, 6.45) is 1.51.